The van der Waals surface area contributed by atoms with Crippen LogP contribution in [0.5, 0.6) is 11.5 Å². The second kappa shape index (κ2) is 11.0. The number of anilines is 1. The van der Waals surface area contributed by atoms with Gasteiger partial charge in [-0.25, -0.2) is 0 Å². The molecule has 1 saturated heterocycles. The van der Waals surface area contributed by atoms with E-state index in [0.717, 1.165) is 12.1 Å². The summed E-state index contributed by atoms with van der Waals surface area (Å²) in [4.78, 5) is 15.0. The molecule has 1 N–H and O–H groups in total. The molecule has 0 spiro atoms. The van der Waals surface area contributed by atoms with Crippen LogP contribution >= 0.6 is 23.2 Å². The summed E-state index contributed by atoms with van der Waals surface area (Å²) in [7, 11) is 1.61. The Morgan fingerprint density at radius 3 is 2.38 bits per heavy atom. The molecule has 1 aliphatic heterocycles. The first-order valence-electron chi connectivity index (χ1n) is 11.5. The van der Waals surface area contributed by atoms with Crippen molar-refractivity contribution in [3.05, 3.63) is 58.1 Å². The summed E-state index contributed by atoms with van der Waals surface area (Å²) >= 11 is 12.0. The molecule has 5 nitrogen and oxygen atoms in total. The molecule has 0 unspecified atom stereocenters. The van der Waals surface area contributed by atoms with Crippen molar-refractivity contribution in [3.63, 3.8) is 0 Å². The van der Waals surface area contributed by atoms with Gasteiger partial charge in [0.25, 0.3) is 0 Å². The molecule has 34 heavy (non-hydrogen) atoms. The van der Waals surface area contributed by atoms with Crippen LogP contribution in [0.1, 0.15) is 52.5 Å². The summed E-state index contributed by atoms with van der Waals surface area (Å²) < 4.78 is 11.6. The third-order valence-electron chi connectivity index (χ3n) is 6.41. The van der Waals surface area contributed by atoms with E-state index in [0.29, 0.717) is 33.8 Å². The Morgan fingerprint density at radius 2 is 1.74 bits per heavy atom. The molecule has 184 valence electrons. The van der Waals surface area contributed by atoms with Crippen molar-refractivity contribution >= 4 is 40.9 Å². The maximum Gasteiger partial charge on any atom is 0.248 e. The third-order valence-corrected chi connectivity index (χ3v) is 7.15. The Labute approximate surface area is 213 Å². The van der Waals surface area contributed by atoms with Gasteiger partial charge in [0.1, 0.15) is 6.61 Å². The summed E-state index contributed by atoms with van der Waals surface area (Å²) in [6, 6.07) is 10.6. The lowest BCUT2D eigenvalue weighted by molar-refractivity contribution is -0.111. The number of amides is 1. The summed E-state index contributed by atoms with van der Waals surface area (Å²) in [5.41, 5.74) is 1.67. The molecule has 1 amide bonds. The molecule has 2 aromatic rings. The molecule has 0 saturated carbocycles. The van der Waals surface area contributed by atoms with E-state index in [1.807, 2.05) is 0 Å². The highest BCUT2D eigenvalue weighted by Gasteiger charge is 2.40. The Balaban J connectivity index is 1.64. The highest BCUT2D eigenvalue weighted by molar-refractivity contribution is 6.42. The predicted molar refractivity (Wildman–Crippen MR) is 141 cm³/mol. The van der Waals surface area contributed by atoms with Crippen LogP contribution in [-0.2, 0) is 4.79 Å². The lowest BCUT2D eigenvalue weighted by atomic mass is 9.80. The molecule has 2 aromatic carbocycles. The molecule has 0 bridgehead atoms. The number of carbonyl (C=O) groups is 1. The SMILES string of the molecule is COc1ccc(NC(=O)/C=C/c2ccc(Cl)c(Cl)c2)cc1OCCN1C(C)(C)CCCC1(C)C. The van der Waals surface area contributed by atoms with Gasteiger partial charge >= 0.3 is 0 Å². The molecule has 1 aliphatic rings. The molecule has 0 atom stereocenters. The van der Waals surface area contributed by atoms with Gasteiger partial charge in [0, 0.05) is 35.5 Å². The van der Waals surface area contributed by atoms with E-state index >= 15 is 0 Å². The average molecular weight is 505 g/mol. The van der Waals surface area contributed by atoms with Crippen molar-refractivity contribution in [2.45, 2.75) is 58.0 Å². The zero-order valence-corrected chi connectivity index (χ0v) is 22.1. The van der Waals surface area contributed by atoms with Gasteiger partial charge in [0.2, 0.25) is 5.91 Å². The fraction of sp³-hybridized carbons (Fsp3) is 0.444. The fourth-order valence-corrected chi connectivity index (χ4v) is 5.04. The van der Waals surface area contributed by atoms with E-state index in [9.17, 15) is 4.79 Å². The van der Waals surface area contributed by atoms with Crippen LogP contribution in [-0.4, -0.2) is 42.1 Å². The topological polar surface area (TPSA) is 50.8 Å². The molecule has 0 radical (unpaired) electrons. The minimum absolute atomic E-state index is 0.131. The van der Waals surface area contributed by atoms with Crippen molar-refractivity contribution in [2.24, 2.45) is 0 Å². The van der Waals surface area contributed by atoms with E-state index < -0.39 is 0 Å². The van der Waals surface area contributed by atoms with E-state index in [1.54, 1.807) is 49.6 Å². The highest BCUT2D eigenvalue weighted by atomic mass is 35.5. The molecular formula is C27H34Cl2N2O3. The van der Waals surface area contributed by atoms with Crippen molar-refractivity contribution in [1.29, 1.82) is 0 Å². The molecule has 1 heterocycles. The number of carbonyl (C=O) groups excluding carboxylic acids is 1. The van der Waals surface area contributed by atoms with Crippen LogP contribution in [0.25, 0.3) is 6.08 Å². The van der Waals surface area contributed by atoms with Crippen LogP contribution in [0, 0.1) is 0 Å². The number of nitrogens with one attached hydrogen (secondary N) is 1. The lowest BCUT2D eigenvalue weighted by Crippen LogP contribution is -2.59. The zero-order chi connectivity index (χ0) is 24.9. The number of nitrogens with zero attached hydrogens (tertiary/aromatic N) is 1. The van der Waals surface area contributed by atoms with Gasteiger partial charge < -0.3 is 14.8 Å². The van der Waals surface area contributed by atoms with E-state index in [-0.39, 0.29) is 17.0 Å². The van der Waals surface area contributed by atoms with Crippen molar-refractivity contribution in [3.8, 4) is 11.5 Å². The van der Waals surface area contributed by atoms with Crippen molar-refractivity contribution < 1.29 is 14.3 Å². The van der Waals surface area contributed by atoms with Gasteiger partial charge in [0.15, 0.2) is 11.5 Å². The molecule has 0 aromatic heterocycles. The lowest BCUT2D eigenvalue weighted by Gasteiger charge is -2.53. The number of halogens is 2. The second-order valence-electron chi connectivity index (χ2n) is 9.84. The zero-order valence-electron chi connectivity index (χ0n) is 20.6. The summed E-state index contributed by atoms with van der Waals surface area (Å²) in [5.74, 6) is 0.960. The normalized spacial score (nSPS) is 17.5. The number of likely N-dealkylation sites (tertiary alicyclic amines) is 1. The monoisotopic (exact) mass is 504 g/mol. The van der Waals surface area contributed by atoms with Crippen molar-refractivity contribution in [2.75, 3.05) is 25.6 Å². The van der Waals surface area contributed by atoms with Gasteiger partial charge in [-0.2, -0.15) is 0 Å². The fourth-order valence-electron chi connectivity index (χ4n) is 4.73. The number of rotatable bonds is 8. The third kappa shape index (κ3) is 6.68. The van der Waals surface area contributed by atoms with Gasteiger partial charge in [-0.3, -0.25) is 9.69 Å². The Hall–Kier alpha value is -2.21. The largest absolute Gasteiger partial charge is 0.493 e. The maximum atomic E-state index is 12.4. The standard InChI is InChI=1S/C27H34Cl2N2O3/c1-26(2)13-6-14-27(3,4)31(26)15-16-34-24-18-20(9-11-23(24)33-5)30-25(32)12-8-19-7-10-21(28)22(29)17-19/h7-12,17-18H,6,13-16H2,1-5H3,(H,30,32)/b12-8+. The Bertz CT molecular complexity index is 1030. The number of benzene rings is 2. The minimum Gasteiger partial charge on any atom is -0.493 e. The van der Waals surface area contributed by atoms with Gasteiger partial charge in [0.05, 0.1) is 17.2 Å². The Morgan fingerprint density at radius 1 is 1.03 bits per heavy atom. The number of ether oxygens (including phenoxy) is 2. The molecule has 1 fully saturated rings. The molecular weight excluding hydrogens is 471 g/mol. The van der Waals surface area contributed by atoms with Gasteiger partial charge in [-0.05, 0) is 82.9 Å². The van der Waals surface area contributed by atoms with Crippen LogP contribution < -0.4 is 14.8 Å². The second-order valence-corrected chi connectivity index (χ2v) is 10.7. The predicted octanol–water partition coefficient (Wildman–Crippen LogP) is 7.08. The van der Waals surface area contributed by atoms with E-state index in [4.69, 9.17) is 32.7 Å². The highest BCUT2D eigenvalue weighted by Crippen LogP contribution is 2.38. The van der Waals surface area contributed by atoms with E-state index in [1.165, 1.54) is 25.3 Å². The van der Waals surface area contributed by atoms with Crippen LogP contribution in [0.3, 0.4) is 0 Å². The van der Waals surface area contributed by atoms with Crippen LogP contribution in [0.15, 0.2) is 42.5 Å². The quantitative estimate of drug-likeness (QED) is 0.390. The van der Waals surface area contributed by atoms with Crippen molar-refractivity contribution in [1.82, 2.24) is 4.90 Å². The minimum atomic E-state index is -0.265. The summed E-state index contributed by atoms with van der Waals surface area (Å²) in [6.07, 6.45) is 6.73. The number of methoxy groups -OCH3 is 1. The Kier molecular flexibility index (Phi) is 8.56. The first-order valence-corrected chi connectivity index (χ1v) is 12.3. The van der Waals surface area contributed by atoms with Gasteiger partial charge in [-0.1, -0.05) is 29.3 Å². The maximum absolute atomic E-state index is 12.4. The first kappa shape index (κ1) is 26.4. The summed E-state index contributed by atoms with van der Waals surface area (Å²) in [6.45, 7) is 10.5. The number of hydrogen-bond acceptors (Lipinski definition) is 4. The average Bonchev–Trinajstić information content (AvgIpc) is 2.76. The first-order chi connectivity index (χ1) is 16.0. The van der Waals surface area contributed by atoms with Crippen LogP contribution in [0.4, 0.5) is 5.69 Å². The molecule has 7 heteroatoms. The van der Waals surface area contributed by atoms with E-state index in [2.05, 4.69) is 37.9 Å². The van der Waals surface area contributed by atoms with Gasteiger partial charge in [-0.15, -0.1) is 0 Å². The number of piperidine rings is 1. The van der Waals surface area contributed by atoms with Crippen LogP contribution in [0.2, 0.25) is 10.0 Å². The number of hydrogen-bond donors (Lipinski definition) is 1. The molecule has 0 aliphatic carbocycles. The smallest absolute Gasteiger partial charge is 0.248 e. The summed E-state index contributed by atoms with van der Waals surface area (Å²) in [5, 5.41) is 3.78. The molecule has 3 rings (SSSR count).